The van der Waals surface area contributed by atoms with Crippen molar-refractivity contribution in [3.8, 4) is 0 Å². The molecule has 17 heavy (non-hydrogen) atoms. The van der Waals surface area contributed by atoms with E-state index in [4.69, 9.17) is 5.73 Å². The molecular formula is C13H21BrN2S. The maximum atomic E-state index is 5.96. The number of likely N-dealkylation sites (tertiary alicyclic amines) is 1. The average molecular weight is 317 g/mol. The Labute approximate surface area is 116 Å². The molecule has 2 unspecified atom stereocenters. The van der Waals surface area contributed by atoms with E-state index in [1.165, 1.54) is 41.7 Å². The molecule has 1 aromatic rings. The van der Waals surface area contributed by atoms with Gasteiger partial charge in [0.1, 0.15) is 0 Å². The molecule has 1 aliphatic rings. The lowest BCUT2D eigenvalue weighted by molar-refractivity contribution is 0.0985. The Morgan fingerprint density at radius 3 is 3.00 bits per heavy atom. The summed E-state index contributed by atoms with van der Waals surface area (Å²) >= 11 is 5.42. The summed E-state index contributed by atoms with van der Waals surface area (Å²) in [6.07, 6.45) is 3.79. The van der Waals surface area contributed by atoms with Crippen LogP contribution in [0, 0.1) is 5.92 Å². The fraction of sp³-hybridized carbons (Fsp3) is 0.692. The van der Waals surface area contributed by atoms with Crippen molar-refractivity contribution < 1.29 is 0 Å². The minimum atomic E-state index is 0.546. The molecule has 1 fully saturated rings. The first-order valence-corrected chi connectivity index (χ1v) is 8.11. The van der Waals surface area contributed by atoms with Crippen molar-refractivity contribution in [1.82, 2.24) is 4.90 Å². The second-order valence-electron chi connectivity index (χ2n) is 4.79. The second-order valence-corrected chi connectivity index (χ2v) is 6.64. The zero-order valence-corrected chi connectivity index (χ0v) is 12.8. The summed E-state index contributed by atoms with van der Waals surface area (Å²) in [5.74, 6) is 0.626. The van der Waals surface area contributed by atoms with Crippen molar-refractivity contribution in [3.05, 3.63) is 20.8 Å². The summed E-state index contributed by atoms with van der Waals surface area (Å²) in [4.78, 5) is 4.10. The molecule has 0 bridgehead atoms. The summed E-state index contributed by atoms with van der Waals surface area (Å²) in [5, 5.41) is 2.18. The van der Waals surface area contributed by atoms with Gasteiger partial charge in [-0.2, -0.15) is 0 Å². The van der Waals surface area contributed by atoms with Gasteiger partial charge in [-0.15, -0.1) is 11.3 Å². The minimum absolute atomic E-state index is 0.546. The van der Waals surface area contributed by atoms with Gasteiger partial charge in [-0.05, 0) is 66.8 Å². The molecule has 0 saturated carbocycles. The number of nitrogens with zero attached hydrogens (tertiary/aromatic N) is 1. The lowest BCUT2D eigenvalue weighted by Crippen LogP contribution is -2.41. The van der Waals surface area contributed by atoms with Crippen LogP contribution < -0.4 is 5.73 Å². The third kappa shape index (κ3) is 3.11. The SMILES string of the molecule is CCCN1CCCC(CN)C1c1cc(Br)cs1. The third-order valence-corrected chi connectivity index (χ3v) is 5.32. The van der Waals surface area contributed by atoms with Gasteiger partial charge >= 0.3 is 0 Å². The van der Waals surface area contributed by atoms with Crippen LogP contribution >= 0.6 is 27.3 Å². The van der Waals surface area contributed by atoms with Crippen molar-refractivity contribution in [2.24, 2.45) is 11.7 Å². The second kappa shape index (κ2) is 6.32. The van der Waals surface area contributed by atoms with E-state index in [2.05, 4.69) is 39.2 Å². The van der Waals surface area contributed by atoms with Crippen molar-refractivity contribution in [2.45, 2.75) is 32.2 Å². The van der Waals surface area contributed by atoms with E-state index in [9.17, 15) is 0 Å². The number of piperidine rings is 1. The van der Waals surface area contributed by atoms with E-state index in [-0.39, 0.29) is 0 Å². The molecule has 0 aliphatic carbocycles. The zero-order valence-electron chi connectivity index (χ0n) is 10.4. The molecule has 96 valence electrons. The van der Waals surface area contributed by atoms with Gasteiger partial charge < -0.3 is 5.73 Å². The highest BCUT2D eigenvalue weighted by Gasteiger charge is 2.32. The molecule has 0 aromatic carbocycles. The van der Waals surface area contributed by atoms with E-state index in [1.807, 2.05) is 11.3 Å². The topological polar surface area (TPSA) is 29.3 Å². The Balaban J connectivity index is 2.21. The molecule has 2 rings (SSSR count). The van der Waals surface area contributed by atoms with Crippen LogP contribution in [0.5, 0.6) is 0 Å². The predicted molar refractivity (Wildman–Crippen MR) is 78.4 cm³/mol. The van der Waals surface area contributed by atoms with Crippen LogP contribution in [0.2, 0.25) is 0 Å². The van der Waals surface area contributed by atoms with Crippen molar-refractivity contribution in [2.75, 3.05) is 19.6 Å². The molecule has 4 heteroatoms. The molecule has 0 spiro atoms. The Kier molecular flexibility index (Phi) is 5.03. The van der Waals surface area contributed by atoms with Crippen LogP contribution in [0.1, 0.15) is 37.1 Å². The van der Waals surface area contributed by atoms with Gasteiger partial charge in [-0.1, -0.05) is 6.92 Å². The number of thiophene rings is 1. The molecule has 2 atom stereocenters. The van der Waals surface area contributed by atoms with Gasteiger partial charge in [-0.3, -0.25) is 4.90 Å². The molecule has 2 nitrogen and oxygen atoms in total. The van der Waals surface area contributed by atoms with Gasteiger partial charge in [0.2, 0.25) is 0 Å². The zero-order chi connectivity index (χ0) is 12.3. The van der Waals surface area contributed by atoms with Gasteiger partial charge in [-0.25, -0.2) is 0 Å². The van der Waals surface area contributed by atoms with Crippen LogP contribution in [0.4, 0.5) is 0 Å². The molecule has 0 amide bonds. The molecule has 1 aliphatic heterocycles. The summed E-state index contributed by atoms with van der Waals surface area (Å²) in [6.45, 7) is 5.48. The molecule has 1 aromatic heterocycles. The minimum Gasteiger partial charge on any atom is -0.330 e. The predicted octanol–water partition coefficient (Wildman–Crippen LogP) is 3.63. The van der Waals surface area contributed by atoms with Crippen LogP contribution in [-0.4, -0.2) is 24.5 Å². The molecule has 2 N–H and O–H groups in total. The largest absolute Gasteiger partial charge is 0.330 e. The van der Waals surface area contributed by atoms with Gasteiger partial charge in [0.25, 0.3) is 0 Å². The Morgan fingerprint density at radius 2 is 2.41 bits per heavy atom. The fourth-order valence-corrected chi connectivity index (χ4v) is 4.50. The van der Waals surface area contributed by atoms with Crippen molar-refractivity contribution in [1.29, 1.82) is 0 Å². The van der Waals surface area contributed by atoms with Gasteiger partial charge in [0, 0.05) is 20.8 Å². The lowest BCUT2D eigenvalue weighted by atomic mass is 9.88. The summed E-state index contributed by atoms with van der Waals surface area (Å²) in [7, 11) is 0. The van der Waals surface area contributed by atoms with E-state index in [1.54, 1.807) is 0 Å². The third-order valence-electron chi connectivity index (χ3n) is 3.55. The Bertz CT molecular complexity index is 351. The van der Waals surface area contributed by atoms with E-state index >= 15 is 0 Å². The van der Waals surface area contributed by atoms with Crippen LogP contribution in [-0.2, 0) is 0 Å². The Morgan fingerprint density at radius 1 is 1.59 bits per heavy atom. The van der Waals surface area contributed by atoms with Crippen LogP contribution in [0.15, 0.2) is 15.9 Å². The number of hydrogen-bond acceptors (Lipinski definition) is 3. The monoisotopic (exact) mass is 316 g/mol. The van der Waals surface area contributed by atoms with Gasteiger partial charge in [0.15, 0.2) is 0 Å². The van der Waals surface area contributed by atoms with Crippen LogP contribution in [0.3, 0.4) is 0 Å². The summed E-state index contributed by atoms with van der Waals surface area (Å²) < 4.78 is 1.20. The fourth-order valence-electron chi connectivity index (χ4n) is 2.83. The first kappa shape index (κ1) is 13.5. The quantitative estimate of drug-likeness (QED) is 0.919. The van der Waals surface area contributed by atoms with Crippen LogP contribution in [0.25, 0.3) is 0 Å². The van der Waals surface area contributed by atoms with Gasteiger partial charge in [0.05, 0.1) is 0 Å². The number of rotatable bonds is 4. The highest BCUT2D eigenvalue weighted by atomic mass is 79.9. The first-order valence-electron chi connectivity index (χ1n) is 6.44. The molecule has 1 saturated heterocycles. The molecular weight excluding hydrogens is 296 g/mol. The molecule has 2 heterocycles. The van der Waals surface area contributed by atoms with E-state index < -0.39 is 0 Å². The average Bonchev–Trinajstić information content (AvgIpc) is 2.75. The number of hydrogen-bond donors (Lipinski definition) is 1. The Hall–Kier alpha value is 0.1000. The van der Waals surface area contributed by atoms with E-state index in [0.29, 0.717) is 12.0 Å². The maximum Gasteiger partial charge on any atom is 0.0482 e. The van der Waals surface area contributed by atoms with Crippen molar-refractivity contribution >= 4 is 27.3 Å². The summed E-state index contributed by atoms with van der Waals surface area (Å²) in [6, 6.07) is 2.82. The molecule has 0 radical (unpaired) electrons. The highest BCUT2D eigenvalue weighted by Crippen LogP contribution is 2.39. The maximum absolute atomic E-state index is 5.96. The highest BCUT2D eigenvalue weighted by molar-refractivity contribution is 9.10. The van der Waals surface area contributed by atoms with Crippen molar-refractivity contribution in [3.63, 3.8) is 0 Å². The lowest BCUT2D eigenvalue weighted by Gasteiger charge is -2.40. The number of nitrogens with two attached hydrogens (primary N) is 1. The normalized spacial score (nSPS) is 26.3. The summed E-state index contributed by atoms with van der Waals surface area (Å²) in [5.41, 5.74) is 5.96. The van der Waals surface area contributed by atoms with E-state index in [0.717, 1.165) is 6.54 Å². The standard InChI is InChI=1S/C13H21BrN2S/c1-2-5-16-6-3-4-10(8-15)13(16)12-7-11(14)9-17-12/h7,9-10,13H,2-6,8,15H2,1H3. The first-order chi connectivity index (χ1) is 8.26. The number of halogens is 1. The smallest absolute Gasteiger partial charge is 0.0482 e.